The van der Waals surface area contributed by atoms with E-state index in [2.05, 4.69) is 31.4 Å². The Morgan fingerprint density at radius 2 is 1.94 bits per heavy atom. The second-order valence-electron chi connectivity index (χ2n) is 5.70. The first kappa shape index (κ1) is 15.8. The van der Waals surface area contributed by atoms with Crippen LogP contribution in [-0.2, 0) is 4.79 Å². The molecule has 2 N–H and O–H groups in total. The van der Waals surface area contributed by atoms with E-state index < -0.39 is 0 Å². The van der Waals surface area contributed by atoms with Crippen LogP contribution in [-0.4, -0.2) is 36.0 Å². The van der Waals surface area contributed by atoms with Crippen molar-refractivity contribution in [1.82, 2.24) is 10.6 Å². The highest BCUT2D eigenvalue weighted by molar-refractivity contribution is 8.00. The van der Waals surface area contributed by atoms with Gasteiger partial charge in [0.25, 0.3) is 0 Å². The van der Waals surface area contributed by atoms with Crippen molar-refractivity contribution in [2.45, 2.75) is 57.7 Å². The second-order valence-corrected chi connectivity index (χ2v) is 6.99. The molecule has 1 rings (SSSR count). The summed E-state index contributed by atoms with van der Waals surface area (Å²) in [5.74, 6) is 1.54. The molecular formula is C14H28N2OS. The molecule has 1 heterocycles. The smallest absolute Gasteiger partial charge is 0.230 e. The van der Waals surface area contributed by atoms with Gasteiger partial charge in [-0.3, -0.25) is 4.79 Å². The van der Waals surface area contributed by atoms with Gasteiger partial charge in [-0.05, 0) is 51.6 Å². The van der Waals surface area contributed by atoms with Gasteiger partial charge in [0.15, 0.2) is 0 Å². The largest absolute Gasteiger partial charge is 0.353 e. The number of carbonyl (C=O) groups excluding carboxylic acids is 1. The van der Waals surface area contributed by atoms with Gasteiger partial charge < -0.3 is 10.6 Å². The van der Waals surface area contributed by atoms with Crippen LogP contribution in [0.2, 0.25) is 0 Å². The zero-order valence-corrected chi connectivity index (χ0v) is 12.8. The molecule has 0 bridgehead atoms. The van der Waals surface area contributed by atoms with Crippen LogP contribution in [0.3, 0.4) is 0 Å². The van der Waals surface area contributed by atoms with E-state index in [1.165, 1.54) is 19.3 Å². The molecule has 1 saturated heterocycles. The summed E-state index contributed by atoms with van der Waals surface area (Å²) >= 11 is 1.82. The van der Waals surface area contributed by atoms with Crippen molar-refractivity contribution >= 4 is 17.7 Å². The van der Waals surface area contributed by atoms with Gasteiger partial charge in [0.05, 0.1) is 5.75 Å². The Bertz CT molecular complexity index is 240. The van der Waals surface area contributed by atoms with Crippen molar-refractivity contribution in [2.24, 2.45) is 5.92 Å². The highest BCUT2D eigenvalue weighted by Crippen LogP contribution is 2.19. The van der Waals surface area contributed by atoms with Crippen molar-refractivity contribution in [2.75, 3.05) is 18.8 Å². The molecule has 106 valence electrons. The molecule has 0 aromatic carbocycles. The molecule has 1 atom stereocenters. The maximum atomic E-state index is 11.8. The maximum absolute atomic E-state index is 11.8. The van der Waals surface area contributed by atoms with Gasteiger partial charge in [-0.25, -0.2) is 0 Å². The third-order valence-corrected chi connectivity index (χ3v) is 4.69. The molecule has 18 heavy (non-hydrogen) atoms. The minimum Gasteiger partial charge on any atom is -0.353 e. The van der Waals surface area contributed by atoms with E-state index >= 15 is 0 Å². The van der Waals surface area contributed by atoms with Crippen LogP contribution in [0.15, 0.2) is 0 Å². The van der Waals surface area contributed by atoms with Crippen molar-refractivity contribution in [1.29, 1.82) is 0 Å². The summed E-state index contributed by atoms with van der Waals surface area (Å²) in [5, 5.41) is 7.12. The first-order chi connectivity index (χ1) is 8.58. The average molecular weight is 272 g/mol. The van der Waals surface area contributed by atoms with E-state index in [0.717, 1.165) is 19.5 Å². The highest BCUT2D eigenvalue weighted by Gasteiger charge is 2.15. The lowest BCUT2D eigenvalue weighted by atomic mass is 10.0. The summed E-state index contributed by atoms with van der Waals surface area (Å²) in [6.07, 6.45) is 4.66. The molecule has 4 heteroatoms. The standard InChI is InChI=1S/C14H28N2OS/c1-11(2)4-5-12(3)16-14(17)10-18-13-6-8-15-9-7-13/h11-13,15H,4-10H2,1-3H3,(H,16,17). The number of amides is 1. The molecule has 0 saturated carbocycles. The minimum absolute atomic E-state index is 0.204. The number of hydrogen-bond acceptors (Lipinski definition) is 3. The summed E-state index contributed by atoms with van der Waals surface area (Å²) in [5.41, 5.74) is 0. The van der Waals surface area contributed by atoms with Crippen LogP contribution >= 0.6 is 11.8 Å². The van der Waals surface area contributed by atoms with Crippen LogP contribution in [0.25, 0.3) is 0 Å². The molecule has 0 aliphatic carbocycles. The van der Waals surface area contributed by atoms with Crippen LogP contribution < -0.4 is 10.6 Å². The van der Waals surface area contributed by atoms with Crippen molar-refractivity contribution in [3.05, 3.63) is 0 Å². The van der Waals surface area contributed by atoms with Crippen LogP contribution in [0, 0.1) is 5.92 Å². The van der Waals surface area contributed by atoms with E-state index in [4.69, 9.17) is 0 Å². The Hall–Kier alpha value is -0.220. The molecule has 1 unspecified atom stereocenters. The van der Waals surface area contributed by atoms with Crippen molar-refractivity contribution in [3.63, 3.8) is 0 Å². The molecule has 0 aromatic rings. The molecule has 0 aromatic heterocycles. The van der Waals surface area contributed by atoms with Gasteiger partial charge in [0, 0.05) is 11.3 Å². The predicted molar refractivity (Wildman–Crippen MR) is 80.0 cm³/mol. The molecule has 1 aliphatic heterocycles. The fourth-order valence-electron chi connectivity index (χ4n) is 2.13. The first-order valence-electron chi connectivity index (χ1n) is 7.19. The van der Waals surface area contributed by atoms with Gasteiger partial charge in [-0.2, -0.15) is 0 Å². The summed E-state index contributed by atoms with van der Waals surface area (Å²) in [7, 11) is 0. The van der Waals surface area contributed by atoms with Crippen molar-refractivity contribution < 1.29 is 4.79 Å². The lowest BCUT2D eigenvalue weighted by Gasteiger charge is -2.22. The Kier molecular flexibility index (Phi) is 7.75. The molecule has 0 radical (unpaired) electrons. The number of piperidine rings is 1. The Morgan fingerprint density at radius 1 is 1.28 bits per heavy atom. The zero-order valence-electron chi connectivity index (χ0n) is 12.0. The Labute approximate surface area is 116 Å². The fraction of sp³-hybridized carbons (Fsp3) is 0.929. The van der Waals surface area contributed by atoms with Gasteiger partial charge >= 0.3 is 0 Å². The van der Waals surface area contributed by atoms with E-state index in [-0.39, 0.29) is 5.91 Å². The highest BCUT2D eigenvalue weighted by atomic mass is 32.2. The third kappa shape index (κ3) is 7.27. The number of rotatable bonds is 7. The monoisotopic (exact) mass is 272 g/mol. The molecular weight excluding hydrogens is 244 g/mol. The molecule has 3 nitrogen and oxygen atoms in total. The fourth-order valence-corrected chi connectivity index (χ4v) is 3.17. The van der Waals surface area contributed by atoms with E-state index in [1.807, 2.05) is 11.8 Å². The lowest BCUT2D eigenvalue weighted by Crippen LogP contribution is -2.35. The first-order valence-corrected chi connectivity index (χ1v) is 8.24. The maximum Gasteiger partial charge on any atom is 0.230 e. The quantitative estimate of drug-likeness (QED) is 0.748. The van der Waals surface area contributed by atoms with Crippen LogP contribution in [0.1, 0.15) is 46.5 Å². The molecule has 0 spiro atoms. The lowest BCUT2D eigenvalue weighted by molar-refractivity contribution is -0.119. The normalized spacial score (nSPS) is 18.9. The Morgan fingerprint density at radius 3 is 2.56 bits per heavy atom. The van der Waals surface area contributed by atoms with Gasteiger partial charge in [0.1, 0.15) is 0 Å². The van der Waals surface area contributed by atoms with Crippen LogP contribution in [0.5, 0.6) is 0 Å². The second kappa shape index (κ2) is 8.81. The van der Waals surface area contributed by atoms with E-state index in [9.17, 15) is 4.79 Å². The summed E-state index contributed by atoms with van der Waals surface area (Å²) in [6, 6.07) is 0.313. The SMILES string of the molecule is CC(C)CCC(C)NC(=O)CSC1CCNCC1. The minimum atomic E-state index is 0.204. The molecule has 1 amide bonds. The third-order valence-electron chi connectivity index (χ3n) is 3.32. The predicted octanol–water partition coefficient (Wildman–Crippen LogP) is 2.41. The number of nitrogens with one attached hydrogen (secondary N) is 2. The van der Waals surface area contributed by atoms with E-state index in [1.54, 1.807) is 0 Å². The van der Waals surface area contributed by atoms with E-state index in [0.29, 0.717) is 23.0 Å². The topological polar surface area (TPSA) is 41.1 Å². The van der Waals surface area contributed by atoms with Crippen molar-refractivity contribution in [3.8, 4) is 0 Å². The van der Waals surface area contributed by atoms with Crippen LogP contribution in [0.4, 0.5) is 0 Å². The summed E-state index contributed by atoms with van der Waals surface area (Å²) < 4.78 is 0. The summed E-state index contributed by atoms with van der Waals surface area (Å²) in [6.45, 7) is 8.76. The average Bonchev–Trinajstić information content (AvgIpc) is 2.35. The number of thioether (sulfide) groups is 1. The van der Waals surface area contributed by atoms with Gasteiger partial charge in [0.2, 0.25) is 5.91 Å². The molecule has 1 fully saturated rings. The molecule has 1 aliphatic rings. The number of hydrogen-bond donors (Lipinski definition) is 2. The zero-order chi connectivity index (χ0) is 13.4. The van der Waals surface area contributed by atoms with Gasteiger partial charge in [-0.15, -0.1) is 11.8 Å². The Balaban J connectivity index is 2.08. The number of carbonyl (C=O) groups is 1. The summed E-state index contributed by atoms with van der Waals surface area (Å²) in [4.78, 5) is 11.8. The van der Waals surface area contributed by atoms with Gasteiger partial charge in [-0.1, -0.05) is 13.8 Å².